The van der Waals surface area contributed by atoms with E-state index in [1.165, 1.54) is 31.3 Å². The van der Waals surface area contributed by atoms with Crippen molar-refractivity contribution in [2.75, 3.05) is 13.2 Å². The lowest BCUT2D eigenvalue weighted by Crippen LogP contribution is -2.51. The quantitative estimate of drug-likeness (QED) is 0.783. The number of nitrogens with two attached hydrogens (primary N) is 1. The highest BCUT2D eigenvalue weighted by molar-refractivity contribution is 5.16. The summed E-state index contributed by atoms with van der Waals surface area (Å²) in [7, 11) is 0. The number of hydrogen-bond acceptors (Lipinski definition) is 3. The maximum atomic E-state index is 6.54. The van der Waals surface area contributed by atoms with Gasteiger partial charge in [-0.15, -0.1) is 0 Å². The molecule has 0 amide bonds. The van der Waals surface area contributed by atoms with Crippen LogP contribution < -0.4 is 5.73 Å². The van der Waals surface area contributed by atoms with Crippen molar-refractivity contribution >= 4 is 0 Å². The van der Waals surface area contributed by atoms with Gasteiger partial charge in [-0.25, -0.2) is 0 Å². The van der Waals surface area contributed by atoms with Crippen LogP contribution in [0.2, 0.25) is 0 Å². The molecule has 1 aliphatic heterocycles. The van der Waals surface area contributed by atoms with E-state index in [1.54, 1.807) is 0 Å². The zero-order chi connectivity index (χ0) is 12.8. The van der Waals surface area contributed by atoms with E-state index in [9.17, 15) is 0 Å². The van der Waals surface area contributed by atoms with E-state index in [0.29, 0.717) is 0 Å². The Balaban J connectivity index is 2.13. The molecule has 0 aromatic carbocycles. The first kappa shape index (κ1) is 13.9. The van der Waals surface area contributed by atoms with Gasteiger partial charge in [-0.05, 0) is 38.2 Å². The maximum Gasteiger partial charge on any atom is 0.0876 e. The molecule has 0 bridgehead atoms. The highest BCUT2D eigenvalue weighted by atomic mass is 16.5. The van der Waals surface area contributed by atoms with Crippen LogP contribution in [0, 0.1) is 0 Å². The van der Waals surface area contributed by atoms with Crippen LogP contribution >= 0.6 is 0 Å². The van der Waals surface area contributed by atoms with Crippen LogP contribution in [0.4, 0.5) is 0 Å². The third kappa shape index (κ3) is 3.07. The zero-order valence-corrected chi connectivity index (χ0v) is 11.6. The first-order valence-electron chi connectivity index (χ1n) is 7.48. The summed E-state index contributed by atoms with van der Waals surface area (Å²) < 4.78 is 11.6. The summed E-state index contributed by atoms with van der Waals surface area (Å²) in [4.78, 5) is 0. The summed E-state index contributed by atoms with van der Waals surface area (Å²) in [6.45, 7) is 3.66. The molecule has 1 atom stereocenters. The van der Waals surface area contributed by atoms with Gasteiger partial charge in [-0.2, -0.15) is 0 Å². The number of hydrogen-bond donors (Lipinski definition) is 1. The lowest BCUT2D eigenvalue weighted by atomic mass is 9.81. The molecule has 1 heterocycles. The van der Waals surface area contributed by atoms with Gasteiger partial charge in [0.1, 0.15) is 0 Å². The molecule has 0 radical (unpaired) electrons. The molecule has 1 fully saturated rings. The van der Waals surface area contributed by atoms with Crippen molar-refractivity contribution < 1.29 is 9.47 Å². The lowest BCUT2D eigenvalue weighted by Gasteiger charge is -2.40. The molecule has 3 heteroatoms. The minimum absolute atomic E-state index is 0.0100. The van der Waals surface area contributed by atoms with Gasteiger partial charge in [0.05, 0.1) is 24.5 Å². The normalized spacial score (nSPS) is 25.8. The molecular weight excluding hydrogens is 226 g/mol. The molecule has 2 aliphatic rings. The molecule has 2 rings (SSSR count). The number of ether oxygens (including phenoxy) is 2. The summed E-state index contributed by atoms with van der Waals surface area (Å²) in [6.07, 6.45) is 11.3. The Hall–Kier alpha value is -0.540. The molecule has 0 aromatic rings. The van der Waals surface area contributed by atoms with Crippen LogP contribution in [-0.4, -0.2) is 24.9 Å². The van der Waals surface area contributed by atoms with Gasteiger partial charge in [0, 0.05) is 6.61 Å². The summed E-state index contributed by atoms with van der Waals surface area (Å²) >= 11 is 0. The SMILES string of the molecule is CCOC1(C(N)C2=COCCC2)CCCCCC1. The Morgan fingerprint density at radius 2 is 2.00 bits per heavy atom. The van der Waals surface area contributed by atoms with E-state index in [1.807, 2.05) is 6.26 Å². The van der Waals surface area contributed by atoms with Gasteiger partial charge in [0.2, 0.25) is 0 Å². The van der Waals surface area contributed by atoms with Crippen LogP contribution in [0.15, 0.2) is 11.8 Å². The second-order valence-electron chi connectivity index (χ2n) is 5.56. The van der Waals surface area contributed by atoms with E-state index in [0.717, 1.165) is 38.9 Å². The Morgan fingerprint density at radius 3 is 2.56 bits per heavy atom. The van der Waals surface area contributed by atoms with Crippen molar-refractivity contribution in [3.8, 4) is 0 Å². The molecule has 1 saturated carbocycles. The van der Waals surface area contributed by atoms with E-state index >= 15 is 0 Å². The molecule has 1 aliphatic carbocycles. The fourth-order valence-electron chi connectivity index (χ4n) is 3.31. The van der Waals surface area contributed by atoms with Gasteiger partial charge < -0.3 is 15.2 Å². The smallest absolute Gasteiger partial charge is 0.0876 e. The van der Waals surface area contributed by atoms with Gasteiger partial charge in [0.15, 0.2) is 0 Å². The third-order valence-electron chi connectivity index (χ3n) is 4.31. The molecule has 0 saturated heterocycles. The summed E-state index contributed by atoms with van der Waals surface area (Å²) in [5, 5.41) is 0. The molecule has 0 spiro atoms. The zero-order valence-electron chi connectivity index (χ0n) is 11.6. The van der Waals surface area contributed by atoms with Crippen LogP contribution in [0.5, 0.6) is 0 Å². The fraction of sp³-hybridized carbons (Fsp3) is 0.867. The second-order valence-corrected chi connectivity index (χ2v) is 5.56. The van der Waals surface area contributed by atoms with E-state index in [-0.39, 0.29) is 11.6 Å². The van der Waals surface area contributed by atoms with Crippen molar-refractivity contribution in [2.24, 2.45) is 5.73 Å². The molecule has 0 aromatic heterocycles. The van der Waals surface area contributed by atoms with Gasteiger partial charge in [-0.3, -0.25) is 0 Å². The lowest BCUT2D eigenvalue weighted by molar-refractivity contribution is -0.0626. The Labute approximate surface area is 111 Å². The highest BCUT2D eigenvalue weighted by Crippen LogP contribution is 2.36. The average molecular weight is 253 g/mol. The van der Waals surface area contributed by atoms with Crippen LogP contribution in [0.1, 0.15) is 58.3 Å². The molecule has 2 N–H and O–H groups in total. The first-order chi connectivity index (χ1) is 8.78. The largest absolute Gasteiger partial charge is 0.501 e. The molecule has 3 nitrogen and oxygen atoms in total. The standard InChI is InChI=1S/C15H27NO2/c1-2-18-15(9-5-3-4-6-10-15)14(16)13-8-7-11-17-12-13/h12,14H,2-11,16H2,1H3. The van der Waals surface area contributed by atoms with Gasteiger partial charge >= 0.3 is 0 Å². The highest BCUT2D eigenvalue weighted by Gasteiger charge is 2.39. The molecule has 1 unspecified atom stereocenters. The maximum absolute atomic E-state index is 6.54. The Kier molecular flexibility index (Phi) is 5.07. The van der Waals surface area contributed by atoms with E-state index in [2.05, 4.69) is 6.92 Å². The van der Waals surface area contributed by atoms with Crippen LogP contribution in [-0.2, 0) is 9.47 Å². The van der Waals surface area contributed by atoms with Crippen molar-refractivity contribution in [2.45, 2.75) is 69.9 Å². The predicted octanol–water partition coefficient (Wildman–Crippen LogP) is 3.14. The molecule has 104 valence electrons. The molecule has 18 heavy (non-hydrogen) atoms. The van der Waals surface area contributed by atoms with Crippen molar-refractivity contribution in [1.29, 1.82) is 0 Å². The van der Waals surface area contributed by atoms with Gasteiger partial charge in [-0.1, -0.05) is 25.7 Å². The predicted molar refractivity (Wildman–Crippen MR) is 73.3 cm³/mol. The Bertz CT molecular complexity index is 280. The molecular formula is C15H27NO2. The number of rotatable bonds is 4. The topological polar surface area (TPSA) is 44.5 Å². The summed E-state index contributed by atoms with van der Waals surface area (Å²) in [5.41, 5.74) is 7.65. The van der Waals surface area contributed by atoms with Crippen LogP contribution in [0.3, 0.4) is 0 Å². The van der Waals surface area contributed by atoms with Crippen LogP contribution in [0.25, 0.3) is 0 Å². The second kappa shape index (κ2) is 6.58. The van der Waals surface area contributed by atoms with E-state index < -0.39 is 0 Å². The first-order valence-corrected chi connectivity index (χ1v) is 7.48. The monoisotopic (exact) mass is 253 g/mol. The Morgan fingerprint density at radius 1 is 1.28 bits per heavy atom. The summed E-state index contributed by atoms with van der Waals surface area (Å²) in [5.74, 6) is 0. The average Bonchev–Trinajstić information content (AvgIpc) is 2.66. The van der Waals surface area contributed by atoms with Crippen molar-refractivity contribution in [1.82, 2.24) is 0 Å². The minimum Gasteiger partial charge on any atom is -0.501 e. The van der Waals surface area contributed by atoms with Crippen molar-refractivity contribution in [3.05, 3.63) is 11.8 Å². The van der Waals surface area contributed by atoms with Crippen molar-refractivity contribution in [3.63, 3.8) is 0 Å². The summed E-state index contributed by atoms with van der Waals surface area (Å²) in [6, 6.07) is 0.0100. The third-order valence-corrected chi connectivity index (χ3v) is 4.31. The van der Waals surface area contributed by atoms with Gasteiger partial charge in [0.25, 0.3) is 0 Å². The van der Waals surface area contributed by atoms with E-state index in [4.69, 9.17) is 15.2 Å². The minimum atomic E-state index is -0.141. The fourth-order valence-corrected chi connectivity index (χ4v) is 3.31.